The first-order valence-electron chi connectivity index (χ1n) is 7.46. The minimum atomic E-state index is 0.346. The highest BCUT2D eigenvalue weighted by Gasteiger charge is 2.25. The molecule has 2 aliphatic rings. The molecule has 2 saturated heterocycles. The Morgan fingerprint density at radius 2 is 2.06 bits per heavy atom. The van der Waals surface area contributed by atoms with Gasteiger partial charge in [-0.1, -0.05) is 6.92 Å². The van der Waals surface area contributed by atoms with E-state index in [-0.39, 0.29) is 0 Å². The molecule has 0 aliphatic carbocycles. The predicted molar refractivity (Wildman–Crippen MR) is 73.5 cm³/mol. The van der Waals surface area contributed by atoms with Gasteiger partial charge in [0.2, 0.25) is 5.91 Å². The molecule has 0 aromatic rings. The van der Waals surface area contributed by atoms with Crippen LogP contribution in [0.4, 0.5) is 0 Å². The van der Waals surface area contributed by atoms with Crippen LogP contribution < -0.4 is 5.32 Å². The summed E-state index contributed by atoms with van der Waals surface area (Å²) >= 11 is 0. The van der Waals surface area contributed by atoms with Gasteiger partial charge in [0.25, 0.3) is 0 Å². The quantitative estimate of drug-likeness (QED) is 0.814. The molecule has 4 nitrogen and oxygen atoms in total. The molecule has 1 N–H and O–H groups in total. The molecule has 2 unspecified atom stereocenters. The summed E-state index contributed by atoms with van der Waals surface area (Å²) < 4.78 is 0. The van der Waals surface area contributed by atoms with E-state index in [1.807, 2.05) is 0 Å². The molecule has 4 heteroatoms. The third kappa shape index (κ3) is 3.45. The van der Waals surface area contributed by atoms with E-state index in [2.05, 4.69) is 29.0 Å². The van der Waals surface area contributed by atoms with E-state index in [1.165, 1.54) is 19.3 Å². The van der Waals surface area contributed by atoms with E-state index < -0.39 is 0 Å². The van der Waals surface area contributed by atoms with Crippen molar-refractivity contribution in [3.8, 4) is 0 Å². The zero-order valence-corrected chi connectivity index (χ0v) is 11.8. The summed E-state index contributed by atoms with van der Waals surface area (Å²) in [5, 5.41) is 3.40. The summed E-state index contributed by atoms with van der Waals surface area (Å²) in [5.41, 5.74) is 0. The van der Waals surface area contributed by atoms with Gasteiger partial charge in [-0.3, -0.25) is 9.69 Å². The lowest BCUT2D eigenvalue weighted by Gasteiger charge is -2.38. The molecule has 18 heavy (non-hydrogen) atoms. The standard InChI is InChI=1S/C14H27N3O/c1-3-12(2)16-7-9-17(10-8-16)14(18)11-13-5-4-6-15-13/h12-13,15H,3-11H2,1-2H3. The number of piperazine rings is 1. The molecule has 2 fully saturated rings. The minimum Gasteiger partial charge on any atom is -0.340 e. The van der Waals surface area contributed by atoms with Crippen molar-refractivity contribution in [2.75, 3.05) is 32.7 Å². The summed E-state index contributed by atoms with van der Waals surface area (Å²) in [6.07, 6.45) is 4.28. The second-order valence-corrected chi connectivity index (χ2v) is 5.67. The second kappa shape index (κ2) is 6.53. The van der Waals surface area contributed by atoms with Crippen LogP contribution in [0.3, 0.4) is 0 Å². The third-order valence-electron chi connectivity index (χ3n) is 4.46. The molecule has 0 bridgehead atoms. The first-order valence-corrected chi connectivity index (χ1v) is 7.46. The van der Waals surface area contributed by atoms with Crippen molar-refractivity contribution in [1.82, 2.24) is 15.1 Å². The molecule has 0 aromatic heterocycles. The van der Waals surface area contributed by atoms with E-state index in [0.29, 0.717) is 24.4 Å². The van der Waals surface area contributed by atoms with Crippen LogP contribution in [0.25, 0.3) is 0 Å². The van der Waals surface area contributed by atoms with Crippen molar-refractivity contribution in [2.24, 2.45) is 0 Å². The fourth-order valence-electron chi connectivity index (χ4n) is 2.94. The van der Waals surface area contributed by atoms with E-state index >= 15 is 0 Å². The molecular formula is C14H27N3O. The van der Waals surface area contributed by atoms with Crippen LogP contribution >= 0.6 is 0 Å². The largest absolute Gasteiger partial charge is 0.340 e. The number of carbonyl (C=O) groups excluding carboxylic acids is 1. The average molecular weight is 253 g/mol. The molecule has 2 rings (SSSR count). The van der Waals surface area contributed by atoms with Crippen LogP contribution in [0, 0.1) is 0 Å². The topological polar surface area (TPSA) is 35.6 Å². The van der Waals surface area contributed by atoms with Crippen LogP contribution in [0.5, 0.6) is 0 Å². The number of rotatable bonds is 4. The molecule has 0 saturated carbocycles. The maximum absolute atomic E-state index is 12.2. The van der Waals surface area contributed by atoms with Gasteiger partial charge in [-0.15, -0.1) is 0 Å². The zero-order chi connectivity index (χ0) is 13.0. The van der Waals surface area contributed by atoms with Gasteiger partial charge >= 0.3 is 0 Å². The Labute approximate surface area is 111 Å². The normalized spacial score (nSPS) is 27.4. The van der Waals surface area contributed by atoms with Gasteiger partial charge in [0.1, 0.15) is 0 Å². The molecular weight excluding hydrogens is 226 g/mol. The summed E-state index contributed by atoms with van der Waals surface area (Å²) in [4.78, 5) is 16.7. The summed E-state index contributed by atoms with van der Waals surface area (Å²) in [6, 6.07) is 1.09. The van der Waals surface area contributed by atoms with Gasteiger partial charge in [-0.2, -0.15) is 0 Å². The summed E-state index contributed by atoms with van der Waals surface area (Å²) in [5.74, 6) is 0.346. The maximum atomic E-state index is 12.2. The molecule has 0 aromatic carbocycles. The molecule has 0 radical (unpaired) electrons. The van der Waals surface area contributed by atoms with Crippen molar-refractivity contribution in [3.05, 3.63) is 0 Å². The fourth-order valence-corrected chi connectivity index (χ4v) is 2.94. The van der Waals surface area contributed by atoms with Crippen molar-refractivity contribution in [1.29, 1.82) is 0 Å². The Morgan fingerprint density at radius 3 is 2.61 bits per heavy atom. The molecule has 2 heterocycles. The van der Waals surface area contributed by atoms with Gasteiger partial charge in [0, 0.05) is 44.7 Å². The van der Waals surface area contributed by atoms with E-state index in [0.717, 1.165) is 32.7 Å². The molecule has 2 aliphatic heterocycles. The Kier molecular flexibility index (Phi) is 5.01. The SMILES string of the molecule is CCC(C)N1CCN(C(=O)CC2CCCN2)CC1. The lowest BCUT2D eigenvalue weighted by atomic mass is 10.1. The number of carbonyl (C=O) groups is 1. The highest BCUT2D eigenvalue weighted by Crippen LogP contribution is 2.13. The van der Waals surface area contributed by atoms with Gasteiger partial charge in [-0.05, 0) is 32.7 Å². The van der Waals surface area contributed by atoms with Crippen LogP contribution in [0.1, 0.15) is 39.5 Å². The highest BCUT2D eigenvalue weighted by molar-refractivity contribution is 5.77. The first-order chi connectivity index (χ1) is 8.70. The van der Waals surface area contributed by atoms with Gasteiger partial charge in [0.05, 0.1) is 0 Å². The van der Waals surface area contributed by atoms with E-state index in [9.17, 15) is 4.79 Å². The molecule has 104 valence electrons. The summed E-state index contributed by atoms with van der Waals surface area (Å²) in [6.45, 7) is 9.50. The predicted octanol–water partition coefficient (Wildman–Crippen LogP) is 1.07. The van der Waals surface area contributed by atoms with Crippen LogP contribution in [-0.4, -0.2) is 60.5 Å². The second-order valence-electron chi connectivity index (χ2n) is 5.67. The van der Waals surface area contributed by atoms with Crippen LogP contribution in [-0.2, 0) is 4.79 Å². The number of hydrogen-bond donors (Lipinski definition) is 1. The molecule has 1 amide bonds. The molecule has 2 atom stereocenters. The Balaban J connectivity index is 1.73. The number of nitrogens with zero attached hydrogens (tertiary/aromatic N) is 2. The van der Waals surface area contributed by atoms with Crippen molar-refractivity contribution < 1.29 is 4.79 Å². The van der Waals surface area contributed by atoms with Crippen molar-refractivity contribution in [3.63, 3.8) is 0 Å². The van der Waals surface area contributed by atoms with Crippen molar-refractivity contribution >= 4 is 5.91 Å². The van der Waals surface area contributed by atoms with E-state index in [1.54, 1.807) is 0 Å². The lowest BCUT2D eigenvalue weighted by molar-refractivity contribution is -0.133. The van der Waals surface area contributed by atoms with Gasteiger partial charge in [-0.25, -0.2) is 0 Å². The Morgan fingerprint density at radius 1 is 1.33 bits per heavy atom. The Bertz CT molecular complexity index is 268. The zero-order valence-electron chi connectivity index (χ0n) is 11.8. The number of nitrogens with one attached hydrogen (secondary N) is 1. The maximum Gasteiger partial charge on any atom is 0.224 e. The Hall–Kier alpha value is -0.610. The summed E-state index contributed by atoms with van der Waals surface area (Å²) in [7, 11) is 0. The third-order valence-corrected chi connectivity index (χ3v) is 4.46. The van der Waals surface area contributed by atoms with Crippen LogP contribution in [0.15, 0.2) is 0 Å². The average Bonchev–Trinajstić information content (AvgIpc) is 2.91. The van der Waals surface area contributed by atoms with Gasteiger partial charge < -0.3 is 10.2 Å². The molecule has 0 spiro atoms. The smallest absolute Gasteiger partial charge is 0.224 e. The highest BCUT2D eigenvalue weighted by atomic mass is 16.2. The monoisotopic (exact) mass is 253 g/mol. The van der Waals surface area contributed by atoms with Crippen molar-refractivity contribution in [2.45, 2.75) is 51.6 Å². The number of hydrogen-bond acceptors (Lipinski definition) is 3. The number of amides is 1. The van der Waals surface area contributed by atoms with Gasteiger partial charge in [0.15, 0.2) is 0 Å². The van der Waals surface area contributed by atoms with E-state index in [4.69, 9.17) is 0 Å². The fraction of sp³-hybridized carbons (Fsp3) is 0.929. The first kappa shape index (κ1) is 13.8. The minimum absolute atomic E-state index is 0.346. The lowest BCUT2D eigenvalue weighted by Crippen LogP contribution is -2.51. The van der Waals surface area contributed by atoms with Crippen LogP contribution in [0.2, 0.25) is 0 Å².